The zero-order valence-corrected chi connectivity index (χ0v) is 16.3. The van der Waals surface area contributed by atoms with Crippen molar-refractivity contribution in [3.05, 3.63) is 52.7 Å². The topological polar surface area (TPSA) is 95.2 Å². The van der Waals surface area contributed by atoms with Crippen LogP contribution in [0.1, 0.15) is 25.1 Å². The minimum Gasteiger partial charge on any atom is -0.377 e. The third-order valence-electron chi connectivity index (χ3n) is 5.68. The van der Waals surface area contributed by atoms with Crippen molar-refractivity contribution >= 4 is 16.7 Å². The van der Waals surface area contributed by atoms with E-state index in [4.69, 9.17) is 9.72 Å². The molecule has 0 saturated carbocycles. The molecule has 150 valence electrons. The number of H-pyrrole nitrogens is 1. The van der Waals surface area contributed by atoms with Gasteiger partial charge in [-0.2, -0.15) is 0 Å². The molecule has 2 atom stereocenters. The first-order valence-corrected chi connectivity index (χ1v) is 10.0. The Kier molecular flexibility index (Phi) is 4.75. The van der Waals surface area contributed by atoms with E-state index < -0.39 is 0 Å². The molecule has 8 nitrogen and oxygen atoms in total. The Morgan fingerprint density at radius 3 is 3.00 bits per heavy atom. The number of pyridine rings is 3. The highest BCUT2D eigenvalue weighted by atomic mass is 16.5. The number of morpholine rings is 1. The highest BCUT2D eigenvalue weighted by Crippen LogP contribution is 2.34. The predicted molar refractivity (Wildman–Crippen MR) is 112 cm³/mol. The van der Waals surface area contributed by atoms with E-state index in [-0.39, 0.29) is 17.6 Å². The molecule has 2 aliphatic rings. The maximum absolute atomic E-state index is 12.6. The van der Waals surface area contributed by atoms with Crippen molar-refractivity contribution in [1.82, 2.24) is 25.8 Å². The van der Waals surface area contributed by atoms with Gasteiger partial charge in [0.05, 0.1) is 36.5 Å². The van der Waals surface area contributed by atoms with Crippen LogP contribution in [0.2, 0.25) is 0 Å². The fourth-order valence-corrected chi connectivity index (χ4v) is 4.17. The van der Waals surface area contributed by atoms with E-state index in [1.807, 2.05) is 24.3 Å². The summed E-state index contributed by atoms with van der Waals surface area (Å²) in [5.74, 6) is 0.853. The van der Waals surface area contributed by atoms with Gasteiger partial charge in [0, 0.05) is 42.0 Å². The predicted octanol–water partition coefficient (Wildman–Crippen LogP) is 1.75. The number of hydrogen-bond donors (Lipinski definition) is 3. The van der Waals surface area contributed by atoms with Crippen LogP contribution in [0, 0.1) is 0 Å². The van der Waals surface area contributed by atoms with E-state index in [2.05, 4.69) is 32.6 Å². The number of aromatic amines is 1. The second kappa shape index (κ2) is 7.55. The van der Waals surface area contributed by atoms with Crippen molar-refractivity contribution < 1.29 is 4.74 Å². The smallest absolute Gasteiger partial charge is 0.255 e. The van der Waals surface area contributed by atoms with Crippen molar-refractivity contribution in [2.45, 2.75) is 25.4 Å². The Hall–Kier alpha value is -2.81. The molecular weight excluding hydrogens is 368 g/mol. The molecule has 3 aromatic heterocycles. The van der Waals surface area contributed by atoms with Gasteiger partial charge in [-0.25, -0.2) is 10.4 Å². The summed E-state index contributed by atoms with van der Waals surface area (Å²) in [4.78, 5) is 27.3. The lowest BCUT2D eigenvalue weighted by Crippen LogP contribution is -2.44. The summed E-state index contributed by atoms with van der Waals surface area (Å²) in [6, 6.07) is 7.98. The molecule has 29 heavy (non-hydrogen) atoms. The van der Waals surface area contributed by atoms with Gasteiger partial charge in [0.25, 0.3) is 5.56 Å². The van der Waals surface area contributed by atoms with E-state index in [1.54, 1.807) is 12.4 Å². The number of hydrogen-bond acceptors (Lipinski definition) is 7. The number of nitrogens with one attached hydrogen (secondary N) is 3. The number of aromatic nitrogens is 3. The SMILES string of the molecule is C[C@@H]1COCCN1c1cc(-c2ccc[nH]c2=O)c2ccnc(C3CCNN3)c2n1. The van der Waals surface area contributed by atoms with Gasteiger partial charge in [-0.3, -0.25) is 15.2 Å². The number of anilines is 1. The summed E-state index contributed by atoms with van der Waals surface area (Å²) in [5.41, 5.74) is 9.61. The second-order valence-corrected chi connectivity index (χ2v) is 7.56. The van der Waals surface area contributed by atoms with Crippen molar-refractivity contribution in [3.63, 3.8) is 0 Å². The summed E-state index contributed by atoms with van der Waals surface area (Å²) in [6.07, 6.45) is 4.39. The Morgan fingerprint density at radius 2 is 2.21 bits per heavy atom. The van der Waals surface area contributed by atoms with Crippen molar-refractivity contribution in [1.29, 1.82) is 0 Å². The molecular formula is C21H24N6O2. The maximum atomic E-state index is 12.6. The van der Waals surface area contributed by atoms with E-state index in [1.165, 1.54) is 0 Å². The Bertz CT molecular complexity index is 1090. The molecule has 0 bridgehead atoms. The largest absolute Gasteiger partial charge is 0.377 e. The van der Waals surface area contributed by atoms with Crippen molar-refractivity contribution in [2.24, 2.45) is 0 Å². The molecule has 2 aliphatic heterocycles. The van der Waals surface area contributed by atoms with Gasteiger partial charge in [-0.1, -0.05) is 0 Å². The van der Waals surface area contributed by atoms with Crippen molar-refractivity contribution in [2.75, 3.05) is 31.2 Å². The summed E-state index contributed by atoms with van der Waals surface area (Å²) in [7, 11) is 0. The normalized spacial score (nSPS) is 22.3. The first kappa shape index (κ1) is 18.2. The van der Waals surface area contributed by atoms with Crippen LogP contribution in [0.4, 0.5) is 5.82 Å². The van der Waals surface area contributed by atoms with Crippen LogP contribution in [0.25, 0.3) is 22.0 Å². The zero-order chi connectivity index (χ0) is 19.8. The lowest BCUT2D eigenvalue weighted by molar-refractivity contribution is 0.0986. The monoisotopic (exact) mass is 392 g/mol. The first-order valence-electron chi connectivity index (χ1n) is 10.0. The van der Waals surface area contributed by atoms with Gasteiger partial charge in [0.2, 0.25) is 0 Å². The van der Waals surface area contributed by atoms with E-state index in [0.29, 0.717) is 18.8 Å². The molecule has 3 aromatic rings. The Labute approximate surface area is 168 Å². The van der Waals surface area contributed by atoms with Crippen LogP contribution >= 0.6 is 0 Å². The molecule has 2 fully saturated rings. The van der Waals surface area contributed by atoms with Crippen LogP contribution in [0.5, 0.6) is 0 Å². The summed E-state index contributed by atoms with van der Waals surface area (Å²) < 4.78 is 5.60. The van der Waals surface area contributed by atoms with E-state index in [0.717, 1.165) is 47.5 Å². The molecule has 5 rings (SSSR count). The molecule has 2 saturated heterocycles. The highest BCUT2D eigenvalue weighted by molar-refractivity contribution is 5.97. The third-order valence-corrected chi connectivity index (χ3v) is 5.68. The number of ether oxygens (including phenoxy) is 1. The van der Waals surface area contributed by atoms with Crippen LogP contribution in [0.15, 0.2) is 41.5 Å². The molecule has 5 heterocycles. The van der Waals surface area contributed by atoms with Gasteiger partial charge in [0.1, 0.15) is 5.82 Å². The van der Waals surface area contributed by atoms with E-state index in [9.17, 15) is 4.79 Å². The summed E-state index contributed by atoms with van der Waals surface area (Å²) in [6.45, 7) is 5.11. The Balaban J connectivity index is 1.76. The Morgan fingerprint density at radius 1 is 1.28 bits per heavy atom. The fourth-order valence-electron chi connectivity index (χ4n) is 4.17. The molecule has 8 heteroatoms. The van der Waals surface area contributed by atoms with Gasteiger partial charge in [-0.05, 0) is 37.6 Å². The minimum atomic E-state index is -0.111. The van der Waals surface area contributed by atoms with Crippen LogP contribution in [-0.2, 0) is 4.74 Å². The third kappa shape index (κ3) is 3.29. The van der Waals surface area contributed by atoms with Crippen molar-refractivity contribution in [3.8, 4) is 11.1 Å². The zero-order valence-electron chi connectivity index (χ0n) is 16.3. The quantitative estimate of drug-likeness (QED) is 0.625. The van der Waals surface area contributed by atoms with Crippen LogP contribution in [-0.4, -0.2) is 47.3 Å². The van der Waals surface area contributed by atoms with E-state index >= 15 is 0 Å². The fraction of sp³-hybridized carbons (Fsp3) is 0.381. The molecule has 0 aliphatic carbocycles. The first-order chi connectivity index (χ1) is 14.2. The summed E-state index contributed by atoms with van der Waals surface area (Å²) >= 11 is 0. The molecule has 0 radical (unpaired) electrons. The summed E-state index contributed by atoms with van der Waals surface area (Å²) in [5, 5.41) is 0.935. The average molecular weight is 392 g/mol. The molecule has 1 unspecified atom stereocenters. The molecule has 0 spiro atoms. The second-order valence-electron chi connectivity index (χ2n) is 7.56. The number of rotatable bonds is 3. The average Bonchev–Trinajstić information content (AvgIpc) is 3.28. The lowest BCUT2D eigenvalue weighted by Gasteiger charge is -2.34. The van der Waals surface area contributed by atoms with Gasteiger partial charge in [0.15, 0.2) is 0 Å². The van der Waals surface area contributed by atoms with Gasteiger partial charge in [-0.15, -0.1) is 0 Å². The van der Waals surface area contributed by atoms with Crippen LogP contribution < -0.4 is 21.3 Å². The molecule has 0 amide bonds. The minimum absolute atomic E-state index is 0.0884. The standard InChI is InChI=1S/C21H24N6O2/c1-13-12-29-10-9-27(13)18-11-16(15-3-2-6-23-21(15)28)14-4-7-22-20(19(14)25-18)17-5-8-24-26-17/h2-4,6-7,11,13,17,24,26H,5,8-10,12H2,1H3,(H,23,28)/t13-,17?/m1/s1. The number of nitrogens with zero attached hydrogens (tertiary/aromatic N) is 3. The number of fused-ring (bicyclic) bond motifs is 1. The maximum Gasteiger partial charge on any atom is 0.255 e. The van der Waals surface area contributed by atoms with Gasteiger partial charge >= 0.3 is 0 Å². The van der Waals surface area contributed by atoms with Crippen LogP contribution in [0.3, 0.4) is 0 Å². The lowest BCUT2D eigenvalue weighted by atomic mass is 9.99. The molecule has 3 N–H and O–H groups in total. The van der Waals surface area contributed by atoms with Gasteiger partial charge < -0.3 is 14.6 Å². The number of hydrazine groups is 1. The molecule has 0 aromatic carbocycles. The highest BCUT2D eigenvalue weighted by Gasteiger charge is 2.25.